The predicted octanol–water partition coefficient (Wildman–Crippen LogP) is 1.65. The zero-order valence-corrected chi connectivity index (χ0v) is 9.86. The minimum absolute atomic E-state index is 0.297. The van der Waals surface area contributed by atoms with Gasteiger partial charge in [0, 0.05) is 12.6 Å². The number of ether oxygens (including phenoxy) is 1. The Bertz CT molecular complexity index is 363. The van der Waals surface area contributed by atoms with Crippen LogP contribution < -0.4 is 10.1 Å². The Labute approximate surface area is 96.4 Å². The summed E-state index contributed by atoms with van der Waals surface area (Å²) in [6, 6.07) is 6.54. The molecule has 2 rings (SSSR count). The first-order chi connectivity index (χ1) is 7.72. The van der Waals surface area contributed by atoms with Crippen LogP contribution in [0.15, 0.2) is 18.2 Å². The molecule has 3 nitrogen and oxygen atoms in total. The van der Waals surface area contributed by atoms with Gasteiger partial charge in [-0.3, -0.25) is 0 Å². The summed E-state index contributed by atoms with van der Waals surface area (Å²) >= 11 is 0. The molecule has 1 aromatic carbocycles. The fourth-order valence-electron chi connectivity index (χ4n) is 2.34. The van der Waals surface area contributed by atoms with E-state index in [0.717, 1.165) is 18.6 Å². The fourth-order valence-corrected chi connectivity index (χ4v) is 2.34. The summed E-state index contributed by atoms with van der Waals surface area (Å²) in [5.74, 6) is 0.985. The van der Waals surface area contributed by atoms with E-state index < -0.39 is 0 Å². The van der Waals surface area contributed by atoms with Gasteiger partial charge in [0.1, 0.15) is 5.75 Å². The van der Waals surface area contributed by atoms with Crippen molar-refractivity contribution < 1.29 is 9.84 Å². The van der Waals surface area contributed by atoms with Crippen molar-refractivity contribution in [1.82, 2.24) is 5.32 Å². The largest absolute Gasteiger partial charge is 0.496 e. The molecule has 2 atom stereocenters. The molecule has 3 heteroatoms. The van der Waals surface area contributed by atoms with Crippen molar-refractivity contribution in [1.29, 1.82) is 0 Å². The van der Waals surface area contributed by atoms with Gasteiger partial charge in [0.15, 0.2) is 0 Å². The van der Waals surface area contributed by atoms with Crippen molar-refractivity contribution >= 4 is 0 Å². The summed E-state index contributed by atoms with van der Waals surface area (Å²) < 4.78 is 5.35. The van der Waals surface area contributed by atoms with Crippen LogP contribution in [0.3, 0.4) is 0 Å². The van der Waals surface area contributed by atoms with E-state index in [-0.39, 0.29) is 6.10 Å². The third kappa shape index (κ3) is 2.20. The van der Waals surface area contributed by atoms with Crippen molar-refractivity contribution in [3.05, 3.63) is 29.3 Å². The summed E-state index contributed by atoms with van der Waals surface area (Å²) in [6.45, 7) is 2.44. The molecule has 0 fully saturated rings. The number of benzene rings is 1. The highest BCUT2D eigenvalue weighted by Gasteiger charge is 2.24. The van der Waals surface area contributed by atoms with Crippen LogP contribution in [-0.4, -0.2) is 24.9 Å². The van der Waals surface area contributed by atoms with Crippen LogP contribution in [0.1, 0.15) is 30.5 Å². The second kappa shape index (κ2) is 4.85. The van der Waals surface area contributed by atoms with Crippen molar-refractivity contribution in [3.63, 3.8) is 0 Å². The topological polar surface area (TPSA) is 41.5 Å². The lowest BCUT2D eigenvalue weighted by Gasteiger charge is -2.15. The summed E-state index contributed by atoms with van der Waals surface area (Å²) in [4.78, 5) is 0. The number of fused-ring (bicyclic) bond motifs is 1. The van der Waals surface area contributed by atoms with Crippen molar-refractivity contribution in [2.24, 2.45) is 0 Å². The van der Waals surface area contributed by atoms with Crippen LogP contribution in [0.25, 0.3) is 0 Å². The van der Waals surface area contributed by atoms with Crippen LogP contribution in [0.4, 0.5) is 0 Å². The van der Waals surface area contributed by atoms with Gasteiger partial charge < -0.3 is 15.2 Å². The van der Waals surface area contributed by atoms with Crippen molar-refractivity contribution in [3.8, 4) is 5.75 Å². The number of rotatable bonds is 4. The molecule has 0 aliphatic heterocycles. The molecule has 0 bridgehead atoms. The Hall–Kier alpha value is -1.06. The number of methoxy groups -OCH3 is 1. The first kappa shape index (κ1) is 11.4. The van der Waals surface area contributed by atoms with E-state index in [0.29, 0.717) is 12.6 Å². The van der Waals surface area contributed by atoms with Gasteiger partial charge in [-0.15, -0.1) is 0 Å². The van der Waals surface area contributed by atoms with Crippen molar-refractivity contribution in [2.45, 2.75) is 31.9 Å². The molecule has 1 aromatic rings. The molecule has 0 aromatic heterocycles. The van der Waals surface area contributed by atoms with E-state index in [1.807, 2.05) is 12.1 Å². The highest BCUT2D eigenvalue weighted by Crippen LogP contribution is 2.36. The molecule has 1 unspecified atom stereocenters. The average molecular weight is 221 g/mol. The summed E-state index contributed by atoms with van der Waals surface area (Å²) in [5.41, 5.74) is 2.63. The maximum absolute atomic E-state index is 9.27. The minimum atomic E-state index is -0.297. The normalized spacial score (nSPS) is 20.6. The van der Waals surface area contributed by atoms with Crippen LogP contribution in [0.5, 0.6) is 5.75 Å². The smallest absolute Gasteiger partial charge is 0.122 e. The third-order valence-electron chi connectivity index (χ3n) is 3.11. The highest BCUT2D eigenvalue weighted by atomic mass is 16.5. The average Bonchev–Trinajstić information content (AvgIpc) is 2.69. The molecule has 1 aliphatic carbocycles. The fraction of sp³-hybridized carbons (Fsp3) is 0.538. The molecule has 0 heterocycles. The molecule has 0 spiro atoms. The van der Waals surface area contributed by atoms with E-state index in [1.54, 1.807) is 14.0 Å². The lowest BCUT2D eigenvalue weighted by atomic mass is 10.1. The van der Waals surface area contributed by atoms with Crippen molar-refractivity contribution in [2.75, 3.05) is 13.7 Å². The molecular weight excluding hydrogens is 202 g/mol. The van der Waals surface area contributed by atoms with E-state index in [1.165, 1.54) is 11.1 Å². The Kier molecular flexibility index (Phi) is 3.46. The molecular formula is C13H19NO2. The predicted molar refractivity (Wildman–Crippen MR) is 63.7 cm³/mol. The van der Waals surface area contributed by atoms with E-state index in [4.69, 9.17) is 4.74 Å². The van der Waals surface area contributed by atoms with Gasteiger partial charge in [-0.05, 0) is 37.0 Å². The zero-order valence-electron chi connectivity index (χ0n) is 9.86. The molecule has 2 N–H and O–H groups in total. The summed E-state index contributed by atoms with van der Waals surface area (Å²) in [5, 5.41) is 12.7. The van der Waals surface area contributed by atoms with Crippen LogP contribution >= 0.6 is 0 Å². The first-order valence-corrected chi connectivity index (χ1v) is 5.79. The molecule has 0 amide bonds. The van der Waals surface area contributed by atoms with Gasteiger partial charge in [0.05, 0.1) is 13.2 Å². The SMILES string of the molecule is COc1cccc2c1CCC2NC[C@@H](C)O. The summed E-state index contributed by atoms with van der Waals surface area (Å²) in [6.07, 6.45) is 1.84. The Morgan fingerprint density at radius 2 is 2.38 bits per heavy atom. The van der Waals surface area contributed by atoms with Gasteiger partial charge >= 0.3 is 0 Å². The van der Waals surface area contributed by atoms with Gasteiger partial charge in [-0.1, -0.05) is 12.1 Å². The maximum Gasteiger partial charge on any atom is 0.122 e. The molecule has 16 heavy (non-hydrogen) atoms. The number of nitrogens with one attached hydrogen (secondary N) is 1. The molecule has 0 radical (unpaired) electrons. The van der Waals surface area contributed by atoms with E-state index in [9.17, 15) is 5.11 Å². The molecule has 0 saturated heterocycles. The molecule has 88 valence electrons. The minimum Gasteiger partial charge on any atom is -0.496 e. The third-order valence-corrected chi connectivity index (χ3v) is 3.11. The standard InChI is InChI=1S/C13H19NO2/c1-9(15)8-14-12-7-6-11-10(12)4-3-5-13(11)16-2/h3-5,9,12,14-15H,6-8H2,1-2H3/t9-,12?/m1/s1. The lowest BCUT2D eigenvalue weighted by Crippen LogP contribution is -2.27. The second-order valence-electron chi connectivity index (χ2n) is 4.38. The van der Waals surface area contributed by atoms with Gasteiger partial charge in [-0.2, -0.15) is 0 Å². The van der Waals surface area contributed by atoms with E-state index >= 15 is 0 Å². The van der Waals surface area contributed by atoms with Gasteiger partial charge in [0.2, 0.25) is 0 Å². The number of aliphatic hydroxyl groups is 1. The first-order valence-electron chi connectivity index (χ1n) is 5.79. The second-order valence-corrected chi connectivity index (χ2v) is 4.38. The van der Waals surface area contributed by atoms with Crippen LogP contribution in [0.2, 0.25) is 0 Å². The van der Waals surface area contributed by atoms with E-state index in [2.05, 4.69) is 11.4 Å². The zero-order chi connectivity index (χ0) is 11.5. The molecule has 1 aliphatic rings. The number of hydrogen-bond donors (Lipinski definition) is 2. The number of aliphatic hydroxyl groups excluding tert-OH is 1. The highest BCUT2D eigenvalue weighted by molar-refractivity contribution is 5.45. The Morgan fingerprint density at radius 3 is 3.06 bits per heavy atom. The Balaban J connectivity index is 2.13. The van der Waals surface area contributed by atoms with Gasteiger partial charge in [-0.25, -0.2) is 0 Å². The van der Waals surface area contributed by atoms with Crippen LogP contribution in [0, 0.1) is 0 Å². The molecule has 0 saturated carbocycles. The lowest BCUT2D eigenvalue weighted by molar-refractivity contribution is 0.186. The quantitative estimate of drug-likeness (QED) is 0.812. The summed E-state index contributed by atoms with van der Waals surface area (Å²) in [7, 11) is 1.71. The van der Waals surface area contributed by atoms with Crippen LogP contribution in [-0.2, 0) is 6.42 Å². The Morgan fingerprint density at radius 1 is 1.56 bits per heavy atom. The monoisotopic (exact) mass is 221 g/mol. The maximum atomic E-state index is 9.27. The van der Waals surface area contributed by atoms with Gasteiger partial charge in [0.25, 0.3) is 0 Å². The number of hydrogen-bond acceptors (Lipinski definition) is 3.